The van der Waals surface area contributed by atoms with Crippen molar-refractivity contribution in [1.82, 2.24) is 0 Å². The van der Waals surface area contributed by atoms with E-state index in [1.807, 2.05) is 0 Å². The van der Waals surface area contributed by atoms with Crippen LogP contribution in [0, 0.1) is 17.3 Å². The van der Waals surface area contributed by atoms with Gasteiger partial charge in [-0.3, -0.25) is 4.79 Å². The predicted molar refractivity (Wildman–Crippen MR) is 73.2 cm³/mol. The van der Waals surface area contributed by atoms with E-state index in [2.05, 4.69) is 0 Å². The highest BCUT2D eigenvalue weighted by molar-refractivity contribution is 5.77. The molecule has 0 aromatic heterocycles. The second-order valence-corrected chi connectivity index (χ2v) is 7.81. The molecule has 3 nitrogen and oxygen atoms in total. The van der Waals surface area contributed by atoms with Gasteiger partial charge in [0, 0.05) is 13.3 Å². The first-order valence-corrected chi connectivity index (χ1v) is 8.03. The highest BCUT2D eigenvalue weighted by atomic mass is 19.3. The Morgan fingerprint density at radius 2 is 1.91 bits per heavy atom. The molecule has 0 spiro atoms. The highest BCUT2D eigenvalue weighted by Crippen LogP contribution is 2.61. The number of aliphatic hydroxyl groups is 1. The fourth-order valence-corrected chi connectivity index (χ4v) is 5.11. The molecule has 3 unspecified atom stereocenters. The Labute approximate surface area is 128 Å². The van der Waals surface area contributed by atoms with Crippen molar-refractivity contribution >= 4 is 5.97 Å². The van der Waals surface area contributed by atoms with E-state index >= 15 is 0 Å². The highest BCUT2D eigenvalue weighted by Gasteiger charge is 2.60. The lowest BCUT2D eigenvalue weighted by atomic mass is 9.48. The third-order valence-corrected chi connectivity index (χ3v) is 5.62. The Hall–Kier alpha value is -0.780. The molecule has 4 rings (SSSR count). The van der Waals surface area contributed by atoms with Crippen molar-refractivity contribution in [3.05, 3.63) is 0 Å². The van der Waals surface area contributed by atoms with Crippen LogP contribution in [-0.4, -0.2) is 35.4 Å². The summed E-state index contributed by atoms with van der Waals surface area (Å²) in [6, 6.07) is 0. The maximum absolute atomic E-state index is 13.2. The summed E-state index contributed by atoms with van der Waals surface area (Å²) >= 11 is 0. The van der Waals surface area contributed by atoms with Crippen LogP contribution in [0.1, 0.15) is 51.9 Å². The summed E-state index contributed by atoms with van der Waals surface area (Å²) in [5.74, 6) is -3.17. The quantitative estimate of drug-likeness (QED) is 0.791. The van der Waals surface area contributed by atoms with Gasteiger partial charge < -0.3 is 9.84 Å². The normalized spacial score (nSPS) is 41.5. The number of carbonyl (C=O) groups is 1. The van der Waals surface area contributed by atoms with Gasteiger partial charge in [-0.25, -0.2) is 13.2 Å². The SMILES string of the molecule is CC(F)(F)C(F)CCOC(=O)C12CC3CC(CC(O)(C3)C1)C2. The van der Waals surface area contributed by atoms with Gasteiger partial charge in [0.25, 0.3) is 5.92 Å². The number of halogens is 3. The molecule has 0 aliphatic heterocycles. The number of carbonyl (C=O) groups excluding carboxylic acids is 1. The Morgan fingerprint density at radius 1 is 1.32 bits per heavy atom. The second-order valence-electron chi connectivity index (χ2n) is 7.81. The van der Waals surface area contributed by atoms with Crippen LogP contribution in [0.4, 0.5) is 13.2 Å². The molecule has 3 atom stereocenters. The van der Waals surface area contributed by atoms with E-state index in [0.717, 1.165) is 19.3 Å². The third-order valence-electron chi connectivity index (χ3n) is 5.62. The van der Waals surface area contributed by atoms with Crippen molar-refractivity contribution in [1.29, 1.82) is 0 Å². The van der Waals surface area contributed by atoms with Gasteiger partial charge in [-0.15, -0.1) is 0 Å². The van der Waals surface area contributed by atoms with Gasteiger partial charge in [-0.05, 0) is 50.4 Å². The molecule has 6 heteroatoms. The van der Waals surface area contributed by atoms with Crippen molar-refractivity contribution in [2.75, 3.05) is 6.61 Å². The van der Waals surface area contributed by atoms with Gasteiger partial charge in [0.15, 0.2) is 6.17 Å². The fraction of sp³-hybridized carbons (Fsp3) is 0.938. The van der Waals surface area contributed by atoms with Crippen LogP contribution in [-0.2, 0) is 9.53 Å². The predicted octanol–water partition coefficient (Wildman–Crippen LogP) is 3.24. The summed E-state index contributed by atoms with van der Waals surface area (Å²) in [6.45, 7) is 0.188. The standard InChI is InChI=1S/C16H23F3O3/c1-14(18,19)12(17)2-3-22-13(20)15-5-10-4-11(6-15)8-16(21,7-10)9-15/h10-12,21H,2-9H2,1H3. The van der Waals surface area contributed by atoms with E-state index in [4.69, 9.17) is 4.74 Å². The van der Waals surface area contributed by atoms with Crippen LogP contribution < -0.4 is 0 Å². The molecule has 0 heterocycles. The average Bonchev–Trinajstić information content (AvgIpc) is 2.34. The van der Waals surface area contributed by atoms with Crippen molar-refractivity contribution < 1.29 is 27.8 Å². The van der Waals surface area contributed by atoms with E-state index in [9.17, 15) is 23.1 Å². The van der Waals surface area contributed by atoms with Crippen LogP contribution >= 0.6 is 0 Å². The van der Waals surface area contributed by atoms with Gasteiger partial charge in [0.1, 0.15) is 0 Å². The molecule has 0 radical (unpaired) electrons. The zero-order valence-electron chi connectivity index (χ0n) is 12.8. The summed E-state index contributed by atoms with van der Waals surface area (Å²) in [4.78, 5) is 12.4. The summed E-state index contributed by atoms with van der Waals surface area (Å²) in [7, 11) is 0. The number of alkyl halides is 3. The lowest BCUT2D eigenvalue weighted by Crippen LogP contribution is -2.58. The van der Waals surface area contributed by atoms with Gasteiger partial charge in [-0.2, -0.15) is 0 Å². The minimum absolute atomic E-state index is 0.334. The van der Waals surface area contributed by atoms with Gasteiger partial charge in [-0.1, -0.05) is 0 Å². The molecule has 4 saturated carbocycles. The Kier molecular flexibility index (Phi) is 3.74. The first-order valence-electron chi connectivity index (χ1n) is 8.03. The van der Waals surface area contributed by atoms with Gasteiger partial charge in [0.2, 0.25) is 0 Å². The summed E-state index contributed by atoms with van der Waals surface area (Å²) < 4.78 is 43.8. The summed E-state index contributed by atoms with van der Waals surface area (Å²) in [5, 5.41) is 10.6. The van der Waals surface area contributed by atoms with Gasteiger partial charge in [0.05, 0.1) is 17.6 Å². The topological polar surface area (TPSA) is 46.5 Å². The van der Waals surface area contributed by atoms with Gasteiger partial charge >= 0.3 is 5.97 Å². The molecule has 22 heavy (non-hydrogen) atoms. The van der Waals surface area contributed by atoms with Crippen LogP contribution in [0.5, 0.6) is 0 Å². The number of rotatable bonds is 5. The second kappa shape index (κ2) is 5.11. The van der Waals surface area contributed by atoms with Crippen molar-refractivity contribution in [2.45, 2.75) is 69.6 Å². The van der Waals surface area contributed by atoms with E-state index in [1.54, 1.807) is 0 Å². The van der Waals surface area contributed by atoms with Crippen molar-refractivity contribution in [3.8, 4) is 0 Å². The lowest BCUT2D eigenvalue weighted by Gasteiger charge is -2.58. The average molecular weight is 320 g/mol. The molecule has 4 fully saturated rings. The number of esters is 1. The minimum atomic E-state index is -3.41. The maximum atomic E-state index is 13.2. The van der Waals surface area contributed by atoms with E-state index < -0.39 is 35.5 Å². The molecular formula is C16H23F3O3. The summed E-state index contributed by atoms with van der Waals surface area (Å²) in [6.07, 6.45) is 1.53. The van der Waals surface area contributed by atoms with E-state index in [-0.39, 0.29) is 6.61 Å². The smallest absolute Gasteiger partial charge is 0.312 e. The number of hydrogen-bond donors (Lipinski definition) is 1. The van der Waals surface area contributed by atoms with Crippen LogP contribution in [0.15, 0.2) is 0 Å². The molecule has 0 amide bonds. The Morgan fingerprint density at radius 3 is 2.41 bits per heavy atom. The lowest BCUT2D eigenvalue weighted by molar-refractivity contribution is -0.196. The zero-order valence-corrected chi connectivity index (χ0v) is 12.8. The molecule has 126 valence electrons. The summed E-state index contributed by atoms with van der Waals surface area (Å²) in [5.41, 5.74) is -1.46. The molecular weight excluding hydrogens is 297 g/mol. The number of hydrogen-bond acceptors (Lipinski definition) is 3. The van der Waals surface area contributed by atoms with Crippen LogP contribution in [0.25, 0.3) is 0 Å². The van der Waals surface area contributed by atoms with Crippen LogP contribution in [0.3, 0.4) is 0 Å². The monoisotopic (exact) mass is 320 g/mol. The minimum Gasteiger partial charge on any atom is -0.465 e. The van der Waals surface area contributed by atoms with Crippen LogP contribution in [0.2, 0.25) is 0 Å². The van der Waals surface area contributed by atoms with E-state index in [1.165, 1.54) is 0 Å². The molecule has 0 aromatic rings. The fourth-order valence-electron chi connectivity index (χ4n) is 5.11. The Bertz CT molecular complexity index is 446. The molecule has 0 saturated heterocycles. The van der Waals surface area contributed by atoms with E-state index in [0.29, 0.717) is 38.0 Å². The Balaban J connectivity index is 1.59. The largest absolute Gasteiger partial charge is 0.465 e. The third kappa shape index (κ3) is 2.86. The maximum Gasteiger partial charge on any atom is 0.312 e. The van der Waals surface area contributed by atoms with Crippen molar-refractivity contribution in [3.63, 3.8) is 0 Å². The first-order chi connectivity index (χ1) is 10.1. The molecule has 4 aliphatic rings. The molecule has 4 bridgehead atoms. The first kappa shape index (κ1) is 16.1. The molecule has 4 aliphatic carbocycles. The van der Waals surface area contributed by atoms with Crippen molar-refractivity contribution in [2.24, 2.45) is 17.3 Å². The molecule has 1 N–H and O–H groups in total. The molecule has 0 aromatic carbocycles. The number of ether oxygens (including phenoxy) is 1. The zero-order chi connectivity index (χ0) is 16.2.